The lowest BCUT2D eigenvalue weighted by molar-refractivity contribution is -0.120. The topological polar surface area (TPSA) is 44.9 Å². The summed E-state index contributed by atoms with van der Waals surface area (Å²) in [4.78, 5) is 15.3. The first-order valence-electron chi connectivity index (χ1n) is 7.62. The number of amides is 1. The molecule has 0 atom stereocenters. The predicted octanol–water partition coefficient (Wildman–Crippen LogP) is 3.78. The highest BCUT2D eigenvalue weighted by Crippen LogP contribution is 2.25. The summed E-state index contributed by atoms with van der Waals surface area (Å²) < 4.78 is 13.8. The number of aromatic amines is 1. The molecule has 4 heteroatoms. The van der Waals surface area contributed by atoms with Crippen LogP contribution in [0.5, 0.6) is 0 Å². The van der Waals surface area contributed by atoms with Gasteiger partial charge in [-0.3, -0.25) is 4.79 Å². The first kappa shape index (κ1) is 15.3. The highest BCUT2D eigenvalue weighted by Gasteiger charge is 2.11. The lowest BCUT2D eigenvalue weighted by atomic mass is 10.1. The molecule has 1 heterocycles. The van der Waals surface area contributed by atoms with Gasteiger partial charge in [0.15, 0.2) is 0 Å². The third-order valence-corrected chi connectivity index (χ3v) is 4.15. The van der Waals surface area contributed by atoms with E-state index in [0.717, 1.165) is 33.3 Å². The van der Waals surface area contributed by atoms with Crippen molar-refractivity contribution < 1.29 is 9.18 Å². The number of aromatic nitrogens is 1. The lowest BCUT2D eigenvalue weighted by Crippen LogP contribution is -2.24. The third kappa shape index (κ3) is 3.26. The highest BCUT2D eigenvalue weighted by molar-refractivity contribution is 5.87. The first-order chi connectivity index (χ1) is 11.0. The second-order valence-electron chi connectivity index (χ2n) is 5.80. The van der Waals surface area contributed by atoms with E-state index < -0.39 is 0 Å². The number of halogens is 1. The molecule has 1 aromatic heterocycles. The molecule has 2 N–H and O–H groups in total. The van der Waals surface area contributed by atoms with E-state index in [-0.39, 0.29) is 11.7 Å². The number of hydrogen-bond acceptors (Lipinski definition) is 1. The predicted molar refractivity (Wildman–Crippen MR) is 89.7 cm³/mol. The molecule has 0 bridgehead atoms. The van der Waals surface area contributed by atoms with Crippen molar-refractivity contribution in [2.24, 2.45) is 0 Å². The number of carbonyl (C=O) groups excluding carboxylic acids is 1. The van der Waals surface area contributed by atoms with Crippen LogP contribution in [-0.4, -0.2) is 10.9 Å². The Morgan fingerprint density at radius 1 is 1.17 bits per heavy atom. The molecule has 1 amide bonds. The molecule has 23 heavy (non-hydrogen) atoms. The van der Waals surface area contributed by atoms with E-state index in [1.54, 1.807) is 0 Å². The van der Waals surface area contributed by atoms with Gasteiger partial charge < -0.3 is 10.3 Å². The SMILES string of the molecule is Cc1[nH]c2c(CNC(=O)Cc3ccccc3)cc(F)cc2c1C. The van der Waals surface area contributed by atoms with Crippen LogP contribution < -0.4 is 5.32 Å². The normalized spacial score (nSPS) is 10.9. The van der Waals surface area contributed by atoms with Crippen LogP contribution in [0.4, 0.5) is 4.39 Å². The largest absolute Gasteiger partial charge is 0.358 e. The van der Waals surface area contributed by atoms with E-state index in [0.29, 0.717) is 13.0 Å². The molecule has 3 nitrogen and oxygen atoms in total. The summed E-state index contributed by atoms with van der Waals surface area (Å²) in [6, 6.07) is 12.6. The zero-order valence-electron chi connectivity index (χ0n) is 13.2. The molecule has 118 valence electrons. The van der Waals surface area contributed by atoms with Crippen molar-refractivity contribution in [1.82, 2.24) is 10.3 Å². The van der Waals surface area contributed by atoms with E-state index in [1.165, 1.54) is 12.1 Å². The minimum Gasteiger partial charge on any atom is -0.358 e. The summed E-state index contributed by atoms with van der Waals surface area (Å²) in [6.45, 7) is 4.23. The van der Waals surface area contributed by atoms with E-state index in [1.807, 2.05) is 44.2 Å². The van der Waals surface area contributed by atoms with Gasteiger partial charge in [0.05, 0.1) is 11.9 Å². The Morgan fingerprint density at radius 2 is 1.91 bits per heavy atom. The van der Waals surface area contributed by atoms with Gasteiger partial charge >= 0.3 is 0 Å². The summed E-state index contributed by atoms with van der Waals surface area (Å²) >= 11 is 0. The number of benzene rings is 2. The number of fused-ring (bicyclic) bond motifs is 1. The van der Waals surface area contributed by atoms with Gasteiger partial charge in [-0.1, -0.05) is 30.3 Å². The average Bonchev–Trinajstić information content (AvgIpc) is 2.82. The zero-order chi connectivity index (χ0) is 16.4. The number of nitrogens with one attached hydrogen (secondary N) is 2. The monoisotopic (exact) mass is 310 g/mol. The molecule has 0 unspecified atom stereocenters. The molecule has 0 aliphatic heterocycles. The molecule has 0 fully saturated rings. The minimum atomic E-state index is -0.285. The van der Waals surface area contributed by atoms with Gasteiger partial charge in [-0.15, -0.1) is 0 Å². The first-order valence-corrected chi connectivity index (χ1v) is 7.62. The third-order valence-electron chi connectivity index (χ3n) is 4.15. The highest BCUT2D eigenvalue weighted by atomic mass is 19.1. The molecule has 3 rings (SSSR count). The quantitative estimate of drug-likeness (QED) is 0.757. The van der Waals surface area contributed by atoms with Gasteiger partial charge in [-0.2, -0.15) is 0 Å². The van der Waals surface area contributed by atoms with Crippen LogP contribution in [0.1, 0.15) is 22.4 Å². The molecular weight excluding hydrogens is 291 g/mol. The molecule has 0 saturated carbocycles. The smallest absolute Gasteiger partial charge is 0.224 e. The summed E-state index contributed by atoms with van der Waals surface area (Å²) in [5.41, 5.74) is 4.67. The molecule has 3 aromatic rings. The standard InChI is InChI=1S/C19H19FN2O/c1-12-13(2)22-19-15(9-16(20)10-17(12)19)11-21-18(23)8-14-6-4-3-5-7-14/h3-7,9-10,22H,8,11H2,1-2H3,(H,21,23). The Bertz CT molecular complexity index is 853. The maximum absolute atomic E-state index is 13.8. The van der Waals surface area contributed by atoms with E-state index in [9.17, 15) is 9.18 Å². The van der Waals surface area contributed by atoms with Crippen molar-refractivity contribution in [3.05, 3.63) is 70.7 Å². The van der Waals surface area contributed by atoms with Crippen LogP contribution in [0.2, 0.25) is 0 Å². The lowest BCUT2D eigenvalue weighted by Gasteiger charge is -2.07. The molecule has 0 aliphatic carbocycles. The van der Waals surface area contributed by atoms with Gasteiger partial charge in [0.2, 0.25) is 5.91 Å². The number of H-pyrrole nitrogens is 1. The van der Waals surface area contributed by atoms with E-state index in [2.05, 4.69) is 10.3 Å². The van der Waals surface area contributed by atoms with E-state index in [4.69, 9.17) is 0 Å². The Hall–Kier alpha value is -2.62. The fourth-order valence-electron chi connectivity index (χ4n) is 2.77. The van der Waals surface area contributed by atoms with Crippen LogP contribution in [-0.2, 0) is 17.8 Å². The van der Waals surface area contributed by atoms with Gasteiger partial charge in [0, 0.05) is 17.6 Å². The molecule has 0 radical (unpaired) electrons. The Kier molecular flexibility index (Phi) is 4.15. The molecule has 0 saturated heterocycles. The fourth-order valence-corrected chi connectivity index (χ4v) is 2.77. The molecule has 2 aromatic carbocycles. The average molecular weight is 310 g/mol. The Balaban J connectivity index is 1.77. The van der Waals surface area contributed by atoms with Gasteiger partial charge in [-0.25, -0.2) is 4.39 Å². The van der Waals surface area contributed by atoms with Crippen LogP contribution in [0, 0.1) is 19.7 Å². The maximum atomic E-state index is 13.8. The fraction of sp³-hybridized carbons (Fsp3) is 0.211. The van der Waals surface area contributed by atoms with E-state index >= 15 is 0 Å². The van der Waals surface area contributed by atoms with Crippen molar-refractivity contribution in [2.75, 3.05) is 0 Å². The summed E-state index contributed by atoms with van der Waals surface area (Å²) in [5.74, 6) is -0.361. The van der Waals surface area contributed by atoms with Crippen LogP contribution in [0.15, 0.2) is 42.5 Å². The van der Waals surface area contributed by atoms with Crippen molar-refractivity contribution >= 4 is 16.8 Å². The molecule has 0 aliphatic rings. The van der Waals surface area contributed by atoms with Gasteiger partial charge in [0.25, 0.3) is 0 Å². The maximum Gasteiger partial charge on any atom is 0.224 e. The Morgan fingerprint density at radius 3 is 2.65 bits per heavy atom. The summed E-state index contributed by atoms with van der Waals surface area (Å²) in [6.07, 6.45) is 0.322. The van der Waals surface area contributed by atoms with Gasteiger partial charge in [0.1, 0.15) is 5.82 Å². The summed E-state index contributed by atoms with van der Waals surface area (Å²) in [7, 11) is 0. The number of hydrogen-bond donors (Lipinski definition) is 2. The number of rotatable bonds is 4. The van der Waals surface area contributed by atoms with Crippen molar-refractivity contribution in [1.29, 1.82) is 0 Å². The van der Waals surface area contributed by atoms with Crippen molar-refractivity contribution in [3.63, 3.8) is 0 Å². The van der Waals surface area contributed by atoms with Crippen LogP contribution in [0.3, 0.4) is 0 Å². The van der Waals surface area contributed by atoms with Crippen molar-refractivity contribution in [2.45, 2.75) is 26.8 Å². The number of aryl methyl sites for hydroxylation is 2. The molecule has 0 spiro atoms. The van der Waals surface area contributed by atoms with Crippen LogP contribution >= 0.6 is 0 Å². The van der Waals surface area contributed by atoms with Gasteiger partial charge in [-0.05, 0) is 42.7 Å². The second kappa shape index (κ2) is 6.24. The Labute approximate surface area is 134 Å². The number of carbonyl (C=O) groups is 1. The minimum absolute atomic E-state index is 0.0754. The van der Waals surface area contributed by atoms with Crippen molar-refractivity contribution in [3.8, 4) is 0 Å². The molecular formula is C19H19FN2O. The zero-order valence-corrected chi connectivity index (χ0v) is 13.2. The second-order valence-corrected chi connectivity index (χ2v) is 5.80. The summed E-state index contributed by atoms with van der Waals surface area (Å²) in [5, 5.41) is 3.74. The van der Waals surface area contributed by atoms with Crippen LogP contribution in [0.25, 0.3) is 10.9 Å².